The lowest BCUT2D eigenvalue weighted by atomic mass is 10.2. The largest absolute Gasteiger partial charge is 0.467 e. The van der Waals surface area contributed by atoms with Crippen molar-refractivity contribution >= 4 is 27.3 Å². The summed E-state index contributed by atoms with van der Waals surface area (Å²) in [6.45, 7) is 0.778. The molecule has 0 spiro atoms. The molecule has 1 aromatic carbocycles. The molecule has 27 heavy (non-hydrogen) atoms. The van der Waals surface area contributed by atoms with Gasteiger partial charge in [0.05, 0.1) is 17.7 Å². The summed E-state index contributed by atoms with van der Waals surface area (Å²) >= 11 is 1.57. The molecule has 3 rings (SSSR count). The maximum atomic E-state index is 13.0. The molecule has 0 atom stereocenters. The average Bonchev–Trinajstić information content (AvgIpc) is 3.34. The van der Waals surface area contributed by atoms with E-state index in [0.717, 1.165) is 9.87 Å². The number of benzene rings is 1. The molecule has 0 aliphatic carbocycles. The molecule has 2 aromatic heterocycles. The van der Waals surface area contributed by atoms with Crippen LogP contribution in [0.4, 0.5) is 0 Å². The minimum absolute atomic E-state index is 0.152. The molecule has 0 radical (unpaired) electrons. The standard InChI is InChI=1S/C19H20N2O4S2/c1-20(2)27(23,24)18-7-5-16(6-8-18)19(22)21(12-15-9-11-26-14-15)13-17-4-3-10-25-17/h3-11,14H,12-13H2,1-2H3. The molecule has 0 saturated carbocycles. The third-order valence-corrected chi connectivity index (χ3v) is 6.61. The van der Waals surface area contributed by atoms with Crippen LogP contribution < -0.4 is 0 Å². The van der Waals surface area contributed by atoms with Gasteiger partial charge in [-0.05, 0) is 58.8 Å². The van der Waals surface area contributed by atoms with Crippen LogP contribution >= 0.6 is 11.3 Å². The summed E-state index contributed by atoms with van der Waals surface area (Å²) in [7, 11) is -0.582. The lowest BCUT2D eigenvalue weighted by Gasteiger charge is -2.21. The Bertz CT molecular complexity index is 941. The number of furan rings is 1. The quantitative estimate of drug-likeness (QED) is 0.605. The van der Waals surface area contributed by atoms with Gasteiger partial charge in [0, 0.05) is 26.2 Å². The summed E-state index contributed by atoms with van der Waals surface area (Å²) in [5, 5.41) is 3.96. The van der Waals surface area contributed by atoms with Crippen molar-refractivity contribution < 1.29 is 17.6 Å². The van der Waals surface area contributed by atoms with Gasteiger partial charge in [-0.1, -0.05) is 0 Å². The SMILES string of the molecule is CN(C)S(=O)(=O)c1ccc(C(=O)N(Cc2ccsc2)Cc2ccco2)cc1. The first-order valence-corrected chi connectivity index (χ1v) is 10.6. The predicted octanol–water partition coefficient (Wildman–Crippen LogP) is 3.43. The topological polar surface area (TPSA) is 70.8 Å². The smallest absolute Gasteiger partial charge is 0.254 e. The van der Waals surface area contributed by atoms with Crippen molar-refractivity contribution in [2.45, 2.75) is 18.0 Å². The normalized spacial score (nSPS) is 11.7. The number of amides is 1. The maximum Gasteiger partial charge on any atom is 0.254 e. The Balaban J connectivity index is 1.84. The van der Waals surface area contributed by atoms with E-state index < -0.39 is 10.0 Å². The molecule has 8 heteroatoms. The highest BCUT2D eigenvalue weighted by molar-refractivity contribution is 7.89. The van der Waals surface area contributed by atoms with Gasteiger partial charge in [-0.25, -0.2) is 12.7 Å². The lowest BCUT2D eigenvalue weighted by Crippen LogP contribution is -2.30. The maximum absolute atomic E-state index is 13.0. The second-order valence-corrected chi connectivity index (χ2v) is 9.12. The first kappa shape index (κ1) is 19.3. The molecular formula is C19H20N2O4S2. The summed E-state index contributed by atoms with van der Waals surface area (Å²) in [5.74, 6) is 0.497. The van der Waals surface area contributed by atoms with Crippen LogP contribution in [-0.4, -0.2) is 37.6 Å². The Morgan fingerprint density at radius 2 is 1.81 bits per heavy atom. The zero-order valence-electron chi connectivity index (χ0n) is 15.0. The minimum atomic E-state index is -3.53. The Morgan fingerprint density at radius 1 is 1.07 bits per heavy atom. The van der Waals surface area contributed by atoms with E-state index in [1.807, 2.05) is 22.9 Å². The fourth-order valence-electron chi connectivity index (χ4n) is 2.56. The number of rotatable bonds is 7. The van der Waals surface area contributed by atoms with Crippen LogP contribution in [0, 0.1) is 0 Å². The molecule has 0 aliphatic heterocycles. The van der Waals surface area contributed by atoms with E-state index in [2.05, 4.69) is 0 Å². The van der Waals surface area contributed by atoms with Crippen molar-refractivity contribution in [3.63, 3.8) is 0 Å². The van der Waals surface area contributed by atoms with E-state index in [4.69, 9.17) is 4.42 Å². The van der Waals surface area contributed by atoms with Crippen molar-refractivity contribution in [2.24, 2.45) is 0 Å². The summed E-state index contributed by atoms with van der Waals surface area (Å²) in [4.78, 5) is 14.8. The number of carbonyl (C=O) groups excluding carboxylic acids is 1. The third kappa shape index (κ3) is 4.47. The Hall–Kier alpha value is -2.42. The first-order valence-electron chi connectivity index (χ1n) is 8.23. The number of thiophene rings is 1. The molecular weight excluding hydrogens is 384 g/mol. The van der Waals surface area contributed by atoms with Crippen molar-refractivity contribution in [2.75, 3.05) is 14.1 Å². The number of carbonyl (C=O) groups is 1. The highest BCUT2D eigenvalue weighted by Gasteiger charge is 2.21. The molecule has 142 valence electrons. The van der Waals surface area contributed by atoms with Crippen LogP contribution in [0.5, 0.6) is 0 Å². The lowest BCUT2D eigenvalue weighted by molar-refractivity contribution is 0.0718. The Kier molecular flexibility index (Phi) is 5.79. The fraction of sp³-hybridized carbons (Fsp3) is 0.211. The highest BCUT2D eigenvalue weighted by Crippen LogP contribution is 2.19. The van der Waals surface area contributed by atoms with E-state index >= 15 is 0 Å². The van der Waals surface area contributed by atoms with Gasteiger partial charge in [0.2, 0.25) is 10.0 Å². The summed E-state index contributed by atoms with van der Waals surface area (Å²) < 4.78 is 30.9. The van der Waals surface area contributed by atoms with Crippen LogP contribution in [0.3, 0.4) is 0 Å². The van der Waals surface area contributed by atoms with Gasteiger partial charge in [0.1, 0.15) is 5.76 Å². The fourth-order valence-corrected chi connectivity index (χ4v) is 4.12. The van der Waals surface area contributed by atoms with Crippen molar-refractivity contribution in [3.05, 3.63) is 76.4 Å². The van der Waals surface area contributed by atoms with Crippen LogP contribution in [0.1, 0.15) is 21.7 Å². The monoisotopic (exact) mass is 404 g/mol. The van der Waals surface area contributed by atoms with Gasteiger partial charge in [0.25, 0.3) is 5.91 Å². The second kappa shape index (κ2) is 8.08. The van der Waals surface area contributed by atoms with Gasteiger partial charge in [-0.2, -0.15) is 11.3 Å². The molecule has 0 unspecified atom stereocenters. The van der Waals surface area contributed by atoms with Gasteiger partial charge >= 0.3 is 0 Å². The number of nitrogens with zero attached hydrogens (tertiary/aromatic N) is 2. The van der Waals surface area contributed by atoms with E-state index in [1.165, 1.54) is 26.2 Å². The predicted molar refractivity (Wildman–Crippen MR) is 104 cm³/mol. The van der Waals surface area contributed by atoms with E-state index in [-0.39, 0.29) is 10.8 Å². The Labute approximate surface area is 162 Å². The summed E-state index contributed by atoms with van der Waals surface area (Å²) in [5.41, 5.74) is 1.46. The summed E-state index contributed by atoms with van der Waals surface area (Å²) in [6.07, 6.45) is 1.57. The molecule has 0 fully saturated rings. The van der Waals surface area contributed by atoms with Crippen molar-refractivity contribution in [1.82, 2.24) is 9.21 Å². The molecule has 0 aliphatic rings. The Morgan fingerprint density at radius 3 is 2.37 bits per heavy atom. The molecule has 0 bridgehead atoms. The number of hydrogen-bond donors (Lipinski definition) is 0. The van der Waals surface area contributed by atoms with Gasteiger partial charge in [-0.3, -0.25) is 4.79 Å². The van der Waals surface area contributed by atoms with E-state index in [0.29, 0.717) is 24.4 Å². The zero-order valence-corrected chi connectivity index (χ0v) is 16.7. The molecule has 6 nitrogen and oxygen atoms in total. The summed E-state index contributed by atoms with van der Waals surface area (Å²) in [6, 6.07) is 11.6. The van der Waals surface area contributed by atoms with Gasteiger partial charge < -0.3 is 9.32 Å². The van der Waals surface area contributed by atoms with Gasteiger partial charge in [0.15, 0.2) is 0 Å². The van der Waals surface area contributed by atoms with E-state index in [9.17, 15) is 13.2 Å². The van der Waals surface area contributed by atoms with Crippen LogP contribution in [0.15, 0.2) is 68.8 Å². The molecule has 3 aromatic rings. The third-order valence-electron chi connectivity index (χ3n) is 4.05. The van der Waals surface area contributed by atoms with E-state index in [1.54, 1.807) is 40.7 Å². The molecule has 0 saturated heterocycles. The number of sulfonamides is 1. The zero-order chi connectivity index (χ0) is 19.4. The molecule has 1 amide bonds. The average molecular weight is 405 g/mol. The van der Waals surface area contributed by atoms with Crippen LogP contribution in [0.25, 0.3) is 0 Å². The second-order valence-electron chi connectivity index (χ2n) is 6.18. The van der Waals surface area contributed by atoms with Crippen molar-refractivity contribution in [3.8, 4) is 0 Å². The first-order chi connectivity index (χ1) is 12.9. The minimum Gasteiger partial charge on any atom is -0.467 e. The molecule has 0 N–H and O–H groups in total. The van der Waals surface area contributed by atoms with Crippen LogP contribution in [-0.2, 0) is 23.1 Å². The number of hydrogen-bond acceptors (Lipinski definition) is 5. The highest BCUT2D eigenvalue weighted by atomic mass is 32.2. The van der Waals surface area contributed by atoms with Crippen molar-refractivity contribution in [1.29, 1.82) is 0 Å². The van der Waals surface area contributed by atoms with Crippen LogP contribution in [0.2, 0.25) is 0 Å². The van der Waals surface area contributed by atoms with Gasteiger partial charge in [-0.15, -0.1) is 0 Å². The molecule has 2 heterocycles.